The first-order chi connectivity index (χ1) is 9.39. The van der Waals surface area contributed by atoms with E-state index in [1.807, 2.05) is 32.9 Å². The molecule has 3 unspecified atom stereocenters. The first-order valence-electron chi connectivity index (χ1n) is 7.18. The number of amides is 1. The molecule has 1 aliphatic carbocycles. The number of hydrogen-bond acceptors (Lipinski definition) is 4. The van der Waals surface area contributed by atoms with Gasteiger partial charge in [-0.2, -0.15) is 0 Å². The summed E-state index contributed by atoms with van der Waals surface area (Å²) < 4.78 is 10.7. The van der Waals surface area contributed by atoms with Crippen LogP contribution in [0.2, 0.25) is 0 Å². The first kappa shape index (κ1) is 14.9. The van der Waals surface area contributed by atoms with Gasteiger partial charge < -0.3 is 19.8 Å². The lowest BCUT2D eigenvalue weighted by Gasteiger charge is -2.20. The Bertz CT molecular complexity index is 436. The van der Waals surface area contributed by atoms with Crippen LogP contribution in [0.4, 0.5) is 4.79 Å². The Hall–Kier alpha value is -1.49. The Labute approximate surface area is 120 Å². The molecule has 1 saturated carbocycles. The third kappa shape index (κ3) is 4.27. The van der Waals surface area contributed by atoms with Crippen LogP contribution in [0.25, 0.3) is 0 Å². The minimum absolute atomic E-state index is 0.147. The van der Waals surface area contributed by atoms with Crippen LogP contribution in [0.15, 0.2) is 22.8 Å². The maximum absolute atomic E-state index is 11.7. The number of rotatable bonds is 5. The molecule has 1 aromatic rings. The molecule has 2 rings (SSSR count). The highest BCUT2D eigenvalue weighted by molar-refractivity contribution is 5.68. The predicted molar refractivity (Wildman–Crippen MR) is 76.4 cm³/mol. The van der Waals surface area contributed by atoms with E-state index in [1.165, 1.54) is 0 Å². The van der Waals surface area contributed by atoms with Gasteiger partial charge in [0, 0.05) is 12.1 Å². The number of carbonyl (C=O) groups excluding carboxylic acids is 1. The highest BCUT2D eigenvalue weighted by Crippen LogP contribution is 2.27. The van der Waals surface area contributed by atoms with E-state index in [0.29, 0.717) is 0 Å². The Morgan fingerprint density at radius 3 is 2.80 bits per heavy atom. The van der Waals surface area contributed by atoms with E-state index in [4.69, 9.17) is 9.15 Å². The highest BCUT2D eigenvalue weighted by Gasteiger charge is 2.40. The van der Waals surface area contributed by atoms with E-state index < -0.39 is 5.60 Å². The summed E-state index contributed by atoms with van der Waals surface area (Å²) in [7, 11) is 0. The molecule has 0 spiro atoms. The van der Waals surface area contributed by atoms with Gasteiger partial charge in [-0.1, -0.05) is 6.92 Å². The molecule has 2 N–H and O–H groups in total. The van der Waals surface area contributed by atoms with Crippen LogP contribution in [-0.4, -0.2) is 23.8 Å². The molecule has 0 radical (unpaired) electrons. The standard InChI is InChI=1S/C15H24N2O3/c1-5-10(13-7-6-8-19-13)16-11-9-12(11)17-14(18)20-15(2,3)4/h6-8,10-12,16H,5,9H2,1-4H3,(H,17,18). The second kappa shape index (κ2) is 5.87. The van der Waals surface area contributed by atoms with Crippen LogP contribution in [0.3, 0.4) is 0 Å². The SMILES string of the molecule is CCC(NC1CC1NC(=O)OC(C)(C)C)c1ccco1. The van der Waals surface area contributed by atoms with Crippen LogP contribution in [0.1, 0.15) is 52.3 Å². The summed E-state index contributed by atoms with van der Waals surface area (Å²) in [6, 6.07) is 4.50. The van der Waals surface area contributed by atoms with E-state index in [9.17, 15) is 4.79 Å². The molecule has 3 atom stereocenters. The molecule has 1 fully saturated rings. The van der Waals surface area contributed by atoms with E-state index in [1.54, 1.807) is 6.26 Å². The van der Waals surface area contributed by atoms with Gasteiger partial charge in [0.2, 0.25) is 0 Å². The minimum Gasteiger partial charge on any atom is -0.468 e. The largest absolute Gasteiger partial charge is 0.468 e. The average molecular weight is 280 g/mol. The highest BCUT2D eigenvalue weighted by atomic mass is 16.6. The van der Waals surface area contributed by atoms with Crippen molar-refractivity contribution >= 4 is 6.09 Å². The van der Waals surface area contributed by atoms with Crippen LogP contribution < -0.4 is 10.6 Å². The van der Waals surface area contributed by atoms with Crippen molar-refractivity contribution in [1.29, 1.82) is 0 Å². The number of furan rings is 1. The summed E-state index contributed by atoms with van der Waals surface area (Å²) in [5, 5.41) is 6.38. The maximum Gasteiger partial charge on any atom is 0.407 e. The molecule has 1 heterocycles. The lowest BCUT2D eigenvalue weighted by molar-refractivity contribution is 0.0522. The first-order valence-corrected chi connectivity index (χ1v) is 7.18. The number of nitrogens with one attached hydrogen (secondary N) is 2. The van der Waals surface area contributed by atoms with Crippen molar-refractivity contribution in [3.63, 3.8) is 0 Å². The number of ether oxygens (including phenoxy) is 1. The number of alkyl carbamates (subject to hydrolysis) is 1. The zero-order chi connectivity index (χ0) is 14.8. The van der Waals surface area contributed by atoms with E-state index >= 15 is 0 Å². The van der Waals surface area contributed by atoms with Crippen molar-refractivity contribution < 1.29 is 13.9 Å². The molecular formula is C15H24N2O3. The van der Waals surface area contributed by atoms with Gasteiger partial charge in [0.05, 0.1) is 12.3 Å². The zero-order valence-electron chi connectivity index (χ0n) is 12.6. The molecule has 20 heavy (non-hydrogen) atoms. The molecule has 1 aromatic heterocycles. The lowest BCUT2D eigenvalue weighted by Crippen LogP contribution is -2.37. The fraction of sp³-hybridized carbons (Fsp3) is 0.667. The monoisotopic (exact) mass is 280 g/mol. The third-order valence-electron chi connectivity index (χ3n) is 3.20. The molecular weight excluding hydrogens is 256 g/mol. The molecule has 112 valence electrons. The smallest absolute Gasteiger partial charge is 0.407 e. The van der Waals surface area contributed by atoms with Crippen molar-refractivity contribution in [3.8, 4) is 0 Å². The van der Waals surface area contributed by atoms with Gasteiger partial charge in [-0.25, -0.2) is 4.79 Å². The fourth-order valence-electron chi connectivity index (χ4n) is 2.15. The van der Waals surface area contributed by atoms with Crippen molar-refractivity contribution in [2.24, 2.45) is 0 Å². The summed E-state index contributed by atoms with van der Waals surface area (Å²) >= 11 is 0. The topological polar surface area (TPSA) is 63.5 Å². The van der Waals surface area contributed by atoms with Crippen molar-refractivity contribution in [2.75, 3.05) is 0 Å². The van der Waals surface area contributed by atoms with Crippen molar-refractivity contribution in [3.05, 3.63) is 24.2 Å². The average Bonchev–Trinajstić information content (AvgIpc) is 2.85. The molecule has 5 heteroatoms. The summed E-state index contributed by atoms with van der Waals surface area (Å²) in [6.07, 6.45) is 3.21. The molecule has 5 nitrogen and oxygen atoms in total. The maximum atomic E-state index is 11.7. The molecule has 0 aliphatic heterocycles. The van der Waals surface area contributed by atoms with Gasteiger partial charge in [0.1, 0.15) is 11.4 Å². The molecule has 0 saturated heterocycles. The van der Waals surface area contributed by atoms with Gasteiger partial charge in [0.25, 0.3) is 0 Å². The molecule has 1 aliphatic rings. The second-order valence-electron chi connectivity index (χ2n) is 6.24. The Kier molecular flexibility index (Phi) is 4.38. The molecule has 1 amide bonds. The third-order valence-corrected chi connectivity index (χ3v) is 3.20. The van der Waals surface area contributed by atoms with Crippen LogP contribution >= 0.6 is 0 Å². The van der Waals surface area contributed by atoms with Crippen LogP contribution in [0.5, 0.6) is 0 Å². The lowest BCUT2D eigenvalue weighted by atomic mass is 10.1. The number of carbonyl (C=O) groups is 1. The minimum atomic E-state index is -0.456. The summed E-state index contributed by atoms with van der Waals surface area (Å²) in [5.41, 5.74) is -0.456. The van der Waals surface area contributed by atoms with Gasteiger partial charge in [-0.05, 0) is 45.7 Å². The van der Waals surface area contributed by atoms with Gasteiger partial charge >= 0.3 is 6.09 Å². The predicted octanol–water partition coefficient (Wildman–Crippen LogP) is 2.99. The Morgan fingerprint density at radius 1 is 1.50 bits per heavy atom. The summed E-state index contributed by atoms with van der Waals surface area (Å²) in [4.78, 5) is 11.7. The summed E-state index contributed by atoms with van der Waals surface area (Å²) in [6.45, 7) is 7.69. The fourth-order valence-corrected chi connectivity index (χ4v) is 2.15. The van der Waals surface area contributed by atoms with E-state index in [-0.39, 0.29) is 24.2 Å². The second-order valence-corrected chi connectivity index (χ2v) is 6.24. The van der Waals surface area contributed by atoms with Crippen molar-refractivity contribution in [2.45, 2.75) is 64.3 Å². The normalized spacial score (nSPS) is 23.2. The quantitative estimate of drug-likeness (QED) is 0.870. The molecule has 0 aromatic carbocycles. The van der Waals surface area contributed by atoms with E-state index in [2.05, 4.69) is 17.6 Å². The Morgan fingerprint density at radius 2 is 2.25 bits per heavy atom. The van der Waals surface area contributed by atoms with Crippen LogP contribution in [-0.2, 0) is 4.74 Å². The van der Waals surface area contributed by atoms with Crippen LogP contribution in [0, 0.1) is 0 Å². The van der Waals surface area contributed by atoms with Gasteiger partial charge in [0.15, 0.2) is 0 Å². The Balaban J connectivity index is 1.76. The van der Waals surface area contributed by atoms with Gasteiger partial charge in [-0.15, -0.1) is 0 Å². The number of hydrogen-bond donors (Lipinski definition) is 2. The van der Waals surface area contributed by atoms with Gasteiger partial charge in [-0.3, -0.25) is 0 Å². The van der Waals surface area contributed by atoms with E-state index in [0.717, 1.165) is 18.6 Å². The summed E-state index contributed by atoms with van der Waals surface area (Å²) in [5.74, 6) is 0.940. The van der Waals surface area contributed by atoms with Crippen molar-refractivity contribution in [1.82, 2.24) is 10.6 Å². The molecule has 0 bridgehead atoms. The zero-order valence-corrected chi connectivity index (χ0v) is 12.6.